The fourth-order valence-electron chi connectivity index (χ4n) is 3.01. The van der Waals surface area contributed by atoms with Crippen LogP contribution in [0, 0.1) is 0 Å². The molecule has 0 aliphatic carbocycles. The third kappa shape index (κ3) is 3.33. The first-order valence-electron chi connectivity index (χ1n) is 8.34. The van der Waals surface area contributed by atoms with Crippen molar-refractivity contribution in [3.05, 3.63) is 18.1 Å². The normalized spacial score (nSPS) is 22.9. The molecule has 0 radical (unpaired) electrons. The van der Waals surface area contributed by atoms with E-state index in [0.29, 0.717) is 12.3 Å². The first kappa shape index (κ1) is 16.6. The van der Waals surface area contributed by atoms with Crippen LogP contribution in [0.3, 0.4) is 0 Å². The topological polar surface area (TPSA) is 81.7 Å². The molecule has 1 aromatic rings. The monoisotopic (exact) mass is 332 g/mol. The Morgan fingerprint density at radius 3 is 2.54 bits per heavy atom. The summed E-state index contributed by atoms with van der Waals surface area (Å²) in [5.74, 6) is 1.95. The van der Waals surface area contributed by atoms with Crippen LogP contribution in [0.15, 0.2) is 12.3 Å². The summed E-state index contributed by atoms with van der Waals surface area (Å²) in [5, 5.41) is 2.89. The molecule has 8 heteroatoms. The molecular weight excluding hydrogens is 308 g/mol. The van der Waals surface area contributed by atoms with Crippen molar-refractivity contribution in [2.75, 3.05) is 38.1 Å². The van der Waals surface area contributed by atoms with Crippen LogP contribution in [0.25, 0.3) is 0 Å². The third-order valence-corrected chi connectivity index (χ3v) is 4.59. The summed E-state index contributed by atoms with van der Waals surface area (Å²) in [7, 11) is 1.51. The minimum atomic E-state index is -0.323. The van der Waals surface area contributed by atoms with Crippen molar-refractivity contribution >= 4 is 17.8 Å². The van der Waals surface area contributed by atoms with Crippen LogP contribution in [0.1, 0.15) is 32.0 Å². The molecule has 2 fully saturated rings. The highest BCUT2D eigenvalue weighted by Crippen LogP contribution is 2.18. The molecule has 1 atom stereocenters. The van der Waals surface area contributed by atoms with Crippen molar-refractivity contribution in [2.24, 2.45) is 0 Å². The zero-order chi connectivity index (χ0) is 17.3. The molecule has 2 aliphatic rings. The van der Waals surface area contributed by atoms with Gasteiger partial charge in [-0.2, -0.15) is 0 Å². The maximum atomic E-state index is 11.9. The minimum absolute atomic E-state index is 0.136. The molecule has 2 aliphatic heterocycles. The van der Waals surface area contributed by atoms with Crippen molar-refractivity contribution < 1.29 is 9.59 Å². The van der Waals surface area contributed by atoms with Crippen LogP contribution >= 0.6 is 0 Å². The molecule has 130 valence electrons. The number of carbonyl (C=O) groups is 2. The van der Waals surface area contributed by atoms with E-state index in [0.717, 1.165) is 42.7 Å². The van der Waals surface area contributed by atoms with Crippen LogP contribution in [0.5, 0.6) is 0 Å². The highest BCUT2D eigenvalue weighted by atomic mass is 16.2. The van der Waals surface area contributed by atoms with E-state index in [1.165, 1.54) is 7.05 Å². The van der Waals surface area contributed by atoms with Gasteiger partial charge in [-0.25, -0.2) is 14.8 Å². The Labute approximate surface area is 141 Å². The van der Waals surface area contributed by atoms with Crippen LogP contribution in [-0.2, 0) is 4.79 Å². The molecule has 24 heavy (non-hydrogen) atoms. The number of rotatable bonds is 3. The second kappa shape index (κ2) is 6.72. The molecule has 0 spiro atoms. The number of aromatic nitrogens is 2. The average Bonchev–Trinajstić information content (AvgIpc) is 2.59. The Bertz CT molecular complexity index is 609. The molecule has 3 rings (SSSR count). The molecule has 1 aromatic heterocycles. The van der Waals surface area contributed by atoms with Gasteiger partial charge in [0.25, 0.3) is 0 Å². The molecule has 3 amide bonds. The highest BCUT2D eigenvalue weighted by Gasteiger charge is 2.34. The van der Waals surface area contributed by atoms with Gasteiger partial charge in [-0.15, -0.1) is 0 Å². The van der Waals surface area contributed by atoms with Crippen LogP contribution in [-0.4, -0.2) is 71.1 Å². The maximum Gasteiger partial charge on any atom is 0.325 e. The summed E-state index contributed by atoms with van der Waals surface area (Å²) < 4.78 is 0. The van der Waals surface area contributed by atoms with Crippen molar-refractivity contribution in [1.29, 1.82) is 0 Å². The van der Waals surface area contributed by atoms with E-state index >= 15 is 0 Å². The molecule has 1 unspecified atom stereocenters. The summed E-state index contributed by atoms with van der Waals surface area (Å²) in [6.45, 7) is 7.34. The second-order valence-corrected chi connectivity index (χ2v) is 6.57. The van der Waals surface area contributed by atoms with E-state index < -0.39 is 0 Å². The number of urea groups is 1. The number of nitrogens with one attached hydrogen (secondary N) is 1. The van der Waals surface area contributed by atoms with Gasteiger partial charge in [0.05, 0.1) is 12.6 Å². The first-order chi connectivity index (χ1) is 11.5. The van der Waals surface area contributed by atoms with Crippen molar-refractivity contribution in [2.45, 2.75) is 32.4 Å². The molecule has 1 N–H and O–H groups in total. The summed E-state index contributed by atoms with van der Waals surface area (Å²) in [4.78, 5) is 38.1. The fraction of sp³-hybridized carbons (Fsp3) is 0.625. The number of imide groups is 1. The lowest BCUT2D eigenvalue weighted by Crippen LogP contribution is -2.62. The van der Waals surface area contributed by atoms with Crippen LogP contribution in [0.4, 0.5) is 10.6 Å². The SMILES string of the molecule is CC(C)c1nccc(N2CCN(C3CC(=O)N(C)C(=O)N3)CC2)n1. The zero-order valence-corrected chi connectivity index (χ0v) is 14.4. The smallest absolute Gasteiger partial charge is 0.325 e. The fourth-order valence-corrected chi connectivity index (χ4v) is 3.01. The average molecular weight is 332 g/mol. The molecule has 0 aromatic carbocycles. The summed E-state index contributed by atoms with van der Waals surface area (Å²) >= 11 is 0. The molecule has 8 nitrogen and oxygen atoms in total. The van der Waals surface area contributed by atoms with Gasteiger partial charge in [0.1, 0.15) is 11.6 Å². The van der Waals surface area contributed by atoms with Crippen molar-refractivity contribution in [1.82, 2.24) is 25.1 Å². The van der Waals surface area contributed by atoms with E-state index in [9.17, 15) is 9.59 Å². The number of amides is 3. The lowest BCUT2D eigenvalue weighted by atomic mass is 10.2. The van der Waals surface area contributed by atoms with E-state index in [1.807, 2.05) is 6.07 Å². The van der Waals surface area contributed by atoms with Gasteiger partial charge in [-0.05, 0) is 6.07 Å². The minimum Gasteiger partial charge on any atom is -0.354 e. The van der Waals surface area contributed by atoms with Crippen LogP contribution in [0.2, 0.25) is 0 Å². The van der Waals surface area contributed by atoms with Gasteiger partial charge in [0.15, 0.2) is 0 Å². The zero-order valence-electron chi connectivity index (χ0n) is 14.4. The molecule has 2 saturated heterocycles. The Hall–Kier alpha value is -2.22. The van der Waals surface area contributed by atoms with E-state index in [-0.39, 0.29) is 18.1 Å². The Morgan fingerprint density at radius 2 is 1.92 bits per heavy atom. The highest BCUT2D eigenvalue weighted by molar-refractivity contribution is 5.96. The van der Waals surface area contributed by atoms with Gasteiger partial charge in [0, 0.05) is 45.3 Å². The maximum absolute atomic E-state index is 11.9. The number of anilines is 1. The largest absolute Gasteiger partial charge is 0.354 e. The Balaban J connectivity index is 1.61. The van der Waals surface area contributed by atoms with Gasteiger partial charge >= 0.3 is 6.03 Å². The van der Waals surface area contributed by atoms with E-state index in [1.54, 1.807) is 6.20 Å². The molecular formula is C16H24N6O2. The number of nitrogens with zero attached hydrogens (tertiary/aromatic N) is 5. The lowest BCUT2D eigenvalue weighted by Gasteiger charge is -2.42. The van der Waals surface area contributed by atoms with Gasteiger partial charge in [-0.3, -0.25) is 14.6 Å². The van der Waals surface area contributed by atoms with Gasteiger partial charge < -0.3 is 10.2 Å². The summed E-state index contributed by atoms with van der Waals surface area (Å²) in [5.41, 5.74) is 0. The molecule has 0 bridgehead atoms. The number of piperazine rings is 1. The van der Waals surface area contributed by atoms with Gasteiger partial charge in [0.2, 0.25) is 5.91 Å². The predicted molar refractivity (Wildman–Crippen MR) is 89.6 cm³/mol. The summed E-state index contributed by atoms with van der Waals surface area (Å²) in [6, 6.07) is 1.61. The van der Waals surface area contributed by atoms with Crippen molar-refractivity contribution in [3.8, 4) is 0 Å². The molecule has 3 heterocycles. The quantitative estimate of drug-likeness (QED) is 0.874. The first-order valence-corrected chi connectivity index (χ1v) is 8.34. The Morgan fingerprint density at radius 1 is 1.21 bits per heavy atom. The van der Waals surface area contributed by atoms with Crippen molar-refractivity contribution in [3.63, 3.8) is 0 Å². The predicted octanol–water partition coefficient (Wildman–Crippen LogP) is 0.620. The number of hydrogen-bond acceptors (Lipinski definition) is 6. The lowest BCUT2D eigenvalue weighted by molar-refractivity contribution is -0.130. The second-order valence-electron chi connectivity index (χ2n) is 6.57. The summed E-state index contributed by atoms with van der Waals surface area (Å²) in [6.07, 6.45) is 1.92. The number of carbonyl (C=O) groups excluding carboxylic acids is 2. The van der Waals surface area contributed by atoms with E-state index in [4.69, 9.17) is 0 Å². The van der Waals surface area contributed by atoms with Crippen LogP contribution < -0.4 is 10.2 Å². The van der Waals surface area contributed by atoms with Gasteiger partial charge in [-0.1, -0.05) is 13.8 Å². The number of hydrogen-bond donors (Lipinski definition) is 1. The standard InChI is InChI=1S/C16H24N6O2/c1-11(2)15-17-5-4-12(18-15)21-6-8-22(9-7-21)13-10-14(23)20(3)16(24)19-13/h4-5,11,13H,6-10H2,1-3H3,(H,19,24). The van der Waals surface area contributed by atoms with E-state index in [2.05, 4.69) is 38.9 Å². The third-order valence-electron chi connectivity index (χ3n) is 4.59. The molecule has 0 saturated carbocycles. The Kier molecular flexibility index (Phi) is 4.66.